The SMILES string of the molecule is Cc1ccc(N2N=C(c3ccccc3)CC2c2occc2CO)cc1. The molecule has 0 spiro atoms. The van der Waals surface area contributed by atoms with E-state index in [9.17, 15) is 5.11 Å². The predicted molar refractivity (Wildman–Crippen MR) is 98.6 cm³/mol. The highest BCUT2D eigenvalue weighted by Crippen LogP contribution is 2.38. The molecule has 4 heteroatoms. The summed E-state index contributed by atoms with van der Waals surface area (Å²) in [4.78, 5) is 0. The van der Waals surface area contributed by atoms with Crippen molar-refractivity contribution in [1.29, 1.82) is 0 Å². The molecule has 1 aliphatic heterocycles. The van der Waals surface area contributed by atoms with Gasteiger partial charge in [-0.2, -0.15) is 5.10 Å². The smallest absolute Gasteiger partial charge is 0.134 e. The first-order valence-electron chi connectivity index (χ1n) is 8.42. The van der Waals surface area contributed by atoms with E-state index < -0.39 is 0 Å². The molecule has 4 rings (SSSR count). The number of anilines is 1. The number of hydrogen-bond donors (Lipinski definition) is 1. The third-order valence-electron chi connectivity index (χ3n) is 4.57. The van der Waals surface area contributed by atoms with Gasteiger partial charge < -0.3 is 9.52 Å². The molecule has 1 atom stereocenters. The Kier molecular flexibility index (Phi) is 4.12. The molecule has 4 nitrogen and oxygen atoms in total. The minimum absolute atomic E-state index is 0.0370. The predicted octanol–water partition coefficient (Wildman–Crippen LogP) is 4.44. The summed E-state index contributed by atoms with van der Waals surface area (Å²) in [6.07, 6.45) is 2.37. The number of aryl methyl sites for hydroxylation is 1. The minimum Gasteiger partial charge on any atom is -0.467 e. The molecule has 126 valence electrons. The normalized spacial score (nSPS) is 17.0. The maximum atomic E-state index is 9.63. The van der Waals surface area contributed by atoms with Crippen molar-refractivity contribution in [2.45, 2.75) is 26.0 Å². The van der Waals surface area contributed by atoms with Gasteiger partial charge in [-0.25, -0.2) is 0 Å². The zero-order valence-corrected chi connectivity index (χ0v) is 14.1. The molecule has 1 unspecified atom stereocenters. The van der Waals surface area contributed by atoms with Gasteiger partial charge in [0.05, 0.1) is 24.3 Å². The van der Waals surface area contributed by atoms with Gasteiger partial charge in [-0.1, -0.05) is 48.0 Å². The van der Waals surface area contributed by atoms with Crippen molar-refractivity contribution in [3.05, 3.63) is 89.4 Å². The molecule has 0 bridgehead atoms. The number of aliphatic hydroxyl groups excluding tert-OH is 1. The van der Waals surface area contributed by atoms with Crippen molar-refractivity contribution in [3.63, 3.8) is 0 Å². The summed E-state index contributed by atoms with van der Waals surface area (Å²) >= 11 is 0. The molecule has 0 aliphatic carbocycles. The molecule has 0 fully saturated rings. The molecule has 1 aliphatic rings. The van der Waals surface area contributed by atoms with Gasteiger partial charge in [0.25, 0.3) is 0 Å². The molecule has 2 heterocycles. The fourth-order valence-corrected chi connectivity index (χ4v) is 3.23. The van der Waals surface area contributed by atoms with Gasteiger partial charge in [-0.3, -0.25) is 5.01 Å². The van der Waals surface area contributed by atoms with Crippen molar-refractivity contribution in [2.75, 3.05) is 5.01 Å². The fourth-order valence-electron chi connectivity index (χ4n) is 3.23. The maximum absolute atomic E-state index is 9.63. The monoisotopic (exact) mass is 332 g/mol. The second-order valence-electron chi connectivity index (χ2n) is 6.28. The first-order valence-corrected chi connectivity index (χ1v) is 8.42. The van der Waals surface area contributed by atoms with E-state index in [2.05, 4.69) is 43.3 Å². The minimum atomic E-state index is -0.0601. The van der Waals surface area contributed by atoms with E-state index in [0.29, 0.717) is 0 Å². The van der Waals surface area contributed by atoms with E-state index in [4.69, 9.17) is 9.52 Å². The van der Waals surface area contributed by atoms with Gasteiger partial charge in [0.1, 0.15) is 11.8 Å². The first kappa shape index (κ1) is 15.7. The third kappa shape index (κ3) is 2.96. The van der Waals surface area contributed by atoms with Crippen LogP contribution in [-0.2, 0) is 6.61 Å². The van der Waals surface area contributed by atoms with E-state index in [1.165, 1.54) is 5.56 Å². The van der Waals surface area contributed by atoms with Crippen LogP contribution in [0.4, 0.5) is 5.69 Å². The van der Waals surface area contributed by atoms with Gasteiger partial charge in [0.15, 0.2) is 0 Å². The van der Waals surface area contributed by atoms with Crippen LogP contribution in [0.15, 0.2) is 76.4 Å². The highest BCUT2D eigenvalue weighted by atomic mass is 16.3. The molecule has 0 saturated carbocycles. The topological polar surface area (TPSA) is 49.0 Å². The Morgan fingerprint density at radius 2 is 1.84 bits per heavy atom. The largest absolute Gasteiger partial charge is 0.467 e. The number of furan rings is 1. The van der Waals surface area contributed by atoms with E-state index >= 15 is 0 Å². The standard InChI is InChI=1S/C21H20N2O2/c1-15-7-9-18(10-8-15)23-20(21-17(14-24)11-12-25-21)13-19(22-23)16-5-3-2-4-6-16/h2-12,20,24H,13-14H2,1H3. The van der Waals surface area contributed by atoms with Crippen LogP contribution in [0.5, 0.6) is 0 Å². The number of hydrogen-bond acceptors (Lipinski definition) is 4. The molecule has 25 heavy (non-hydrogen) atoms. The van der Waals surface area contributed by atoms with Crippen LogP contribution in [0.3, 0.4) is 0 Å². The number of benzene rings is 2. The fraction of sp³-hybridized carbons (Fsp3) is 0.190. The molecule has 3 aromatic rings. The number of nitrogens with zero attached hydrogens (tertiary/aromatic N) is 2. The first-order chi connectivity index (χ1) is 12.3. The third-order valence-corrected chi connectivity index (χ3v) is 4.57. The number of rotatable bonds is 4. The van der Waals surface area contributed by atoms with Crippen LogP contribution >= 0.6 is 0 Å². The Labute approximate surface area is 147 Å². The second-order valence-corrected chi connectivity index (χ2v) is 6.28. The highest BCUT2D eigenvalue weighted by Gasteiger charge is 2.33. The lowest BCUT2D eigenvalue weighted by atomic mass is 10.0. The Balaban J connectivity index is 1.76. The average molecular weight is 332 g/mol. The van der Waals surface area contributed by atoms with Gasteiger partial charge in [0.2, 0.25) is 0 Å². The summed E-state index contributed by atoms with van der Waals surface area (Å²) in [5.74, 6) is 0.776. The zero-order valence-electron chi connectivity index (χ0n) is 14.1. The summed E-state index contributed by atoms with van der Waals surface area (Å²) in [5.41, 5.74) is 5.17. The summed E-state index contributed by atoms with van der Waals surface area (Å²) < 4.78 is 5.72. The van der Waals surface area contributed by atoms with Crippen LogP contribution < -0.4 is 5.01 Å². The van der Waals surface area contributed by atoms with E-state index in [1.807, 2.05) is 29.3 Å². The Morgan fingerprint density at radius 3 is 2.56 bits per heavy atom. The summed E-state index contributed by atoms with van der Waals surface area (Å²) in [6, 6.07) is 20.3. The Morgan fingerprint density at radius 1 is 1.08 bits per heavy atom. The van der Waals surface area contributed by atoms with Crippen LogP contribution in [-0.4, -0.2) is 10.8 Å². The molecular weight excluding hydrogens is 312 g/mol. The molecular formula is C21H20N2O2. The zero-order chi connectivity index (χ0) is 17.2. The van der Waals surface area contributed by atoms with Crippen LogP contribution in [0.1, 0.15) is 34.9 Å². The summed E-state index contributed by atoms with van der Waals surface area (Å²) in [5, 5.41) is 16.5. The van der Waals surface area contributed by atoms with Crippen LogP contribution in [0.25, 0.3) is 0 Å². The van der Waals surface area contributed by atoms with Crippen molar-refractivity contribution in [3.8, 4) is 0 Å². The second kappa shape index (κ2) is 6.57. The number of hydrazone groups is 1. The van der Waals surface area contributed by atoms with Gasteiger partial charge in [-0.15, -0.1) is 0 Å². The highest BCUT2D eigenvalue weighted by molar-refractivity contribution is 6.03. The number of aliphatic hydroxyl groups is 1. The maximum Gasteiger partial charge on any atom is 0.134 e. The molecule has 1 aromatic heterocycles. The van der Waals surface area contributed by atoms with E-state index in [0.717, 1.165) is 34.7 Å². The van der Waals surface area contributed by atoms with Crippen LogP contribution in [0, 0.1) is 6.92 Å². The quantitative estimate of drug-likeness (QED) is 0.768. The Bertz CT molecular complexity index is 882. The van der Waals surface area contributed by atoms with Gasteiger partial charge in [0, 0.05) is 12.0 Å². The lowest BCUT2D eigenvalue weighted by Gasteiger charge is -2.23. The summed E-state index contributed by atoms with van der Waals surface area (Å²) in [7, 11) is 0. The van der Waals surface area contributed by atoms with Crippen molar-refractivity contribution >= 4 is 11.4 Å². The molecule has 0 radical (unpaired) electrons. The molecule has 0 saturated heterocycles. The average Bonchev–Trinajstić information content (AvgIpc) is 3.29. The Hall–Kier alpha value is -2.85. The van der Waals surface area contributed by atoms with Crippen molar-refractivity contribution in [1.82, 2.24) is 0 Å². The summed E-state index contributed by atoms with van der Waals surface area (Å²) in [6.45, 7) is 2.03. The van der Waals surface area contributed by atoms with Gasteiger partial charge >= 0.3 is 0 Å². The molecule has 2 aromatic carbocycles. The van der Waals surface area contributed by atoms with E-state index in [1.54, 1.807) is 6.26 Å². The molecule has 0 amide bonds. The molecule has 1 N–H and O–H groups in total. The van der Waals surface area contributed by atoms with E-state index in [-0.39, 0.29) is 12.6 Å². The van der Waals surface area contributed by atoms with Crippen molar-refractivity contribution < 1.29 is 9.52 Å². The van der Waals surface area contributed by atoms with Crippen molar-refractivity contribution in [2.24, 2.45) is 5.10 Å². The lowest BCUT2D eigenvalue weighted by Crippen LogP contribution is -2.19. The lowest BCUT2D eigenvalue weighted by molar-refractivity contribution is 0.276. The van der Waals surface area contributed by atoms with Gasteiger partial charge in [-0.05, 0) is 30.7 Å². The van der Waals surface area contributed by atoms with Crippen LogP contribution in [0.2, 0.25) is 0 Å².